The Morgan fingerprint density at radius 2 is 2.50 bits per heavy atom. The van der Waals surface area contributed by atoms with Gasteiger partial charge in [0.2, 0.25) is 5.91 Å². The molecule has 1 aliphatic carbocycles. The molecule has 4 nitrogen and oxygen atoms in total. The van der Waals surface area contributed by atoms with Gasteiger partial charge >= 0.3 is 0 Å². The summed E-state index contributed by atoms with van der Waals surface area (Å²) in [6.07, 6.45) is 4.69. The number of rotatable bonds is 3. The van der Waals surface area contributed by atoms with E-state index < -0.39 is 0 Å². The van der Waals surface area contributed by atoms with Gasteiger partial charge in [-0.15, -0.1) is 11.3 Å². The van der Waals surface area contributed by atoms with Crippen LogP contribution in [0.4, 0.5) is 0 Å². The maximum atomic E-state index is 11.9. The molecule has 1 fully saturated rings. The van der Waals surface area contributed by atoms with E-state index in [-0.39, 0.29) is 23.9 Å². The minimum absolute atomic E-state index is 0.0117. The fourth-order valence-electron chi connectivity index (χ4n) is 2.14. The Morgan fingerprint density at radius 3 is 3.06 bits per heavy atom. The second kappa shape index (κ2) is 4.93. The SMILES string of the molecule is CC(NC(=O)C1CCCC1N)c1nccs1. The number of amides is 1. The summed E-state index contributed by atoms with van der Waals surface area (Å²) in [6, 6.07) is 0.0174. The summed E-state index contributed by atoms with van der Waals surface area (Å²) in [5, 5.41) is 5.84. The molecule has 0 bridgehead atoms. The zero-order chi connectivity index (χ0) is 11.5. The third kappa shape index (κ3) is 2.41. The summed E-state index contributed by atoms with van der Waals surface area (Å²) >= 11 is 1.56. The van der Waals surface area contributed by atoms with Crippen molar-refractivity contribution in [2.75, 3.05) is 0 Å². The van der Waals surface area contributed by atoms with Crippen LogP contribution in [0.2, 0.25) is 0 Å². The van der Waals surface area contributed by atoms with E-state index in [1.54, 1.807) is 17.5 Å². The number of thiazole rings is 1. The number of aromatic nitrogens is 1. The summed E-state index contributed by atoms with van der Waals surface area (Å²) < 4.78 is 0. The maximum Gasteiger partial charge on any atom is 0.225 e. The number of nitrogens with two attached hydrogens (primary N) is 1. The maximum absolute atomic E-state index is 11.9. The first-order valence-electron chi connectivity index (χ1n) is 5.64. The molecule has 16 heavy (non-hydrogen) atoms. The van der Waals surface area contributed by atoms with Crippen molar-refractivity contribution in [3.63, 3.8) is 0 Å². The Kier molecular flexibility index (Phi) is 3.56. The van der Waals surface area contributed by atoms with Gasteiger partial charge in [0, 0.05) is 17.6 Å². The van der Waals surface area contributed by atoms with Crippen LogP contribution < -0.4 is 11.1 Å². The molecule has 1 aromatic heterocycles. The van der Waals surface area contributed by atoms with Gasteiger partial charge in [-0.25, -0.2) is 4.98 Å². The Morgan fingerprint density at radius 1 is 1.69 bits per heavy atom. The van der Waals surface area contributed by atoms with Crippen molar-refractivity contribution >= 4 is 17.2 Å². The molecule has 0 aliphatic heterocycles. The second-order valence-electron chi connectivity index (χ2n) is 4.30. The predicted molar refractivity (Wildman–Crippen MR) is 64.0 cm³/mol. The Bertz CT molecular complexity index is 352. The molecule has 3 atom stereocenters. The van der Waals surface area contributed by atoms with Gasteiger partial charge in [0.15, 0.2) is 0 Å². The van der Waals surface area contributed by atoms with Gasteiger partial charge in [-0.3, -0.25) is 4.79 Å². The third-order valence-corrected chi connectivity index (χ3v) is 4.05. The fourth-order valence-corrected chi connectivity index (χ4v) is 2.79. The van der Waals surface area contributed by atoms with Crippen LogP contribution in [-0.4, -0.2) is 16.9 Å². The molecule has 88 valence electrons. The van der Waals surface area contributed by atoms with Crippen LogP contribution >= 0.6 is 11.3 Å². The van der Waals surface area contributed by atoms with E-state index >= 15 is 0 Å². The summed E-state index contributed by atoms with van der Waals surface area (Å²) in [5.74, 6) is 0.0649. The van der Waals surface area contributed by atoms with Crippen LogP contribution in [0.3, 0.4) is 0 Å². The van der Waals surface area contributed by atoms with Gasteiger partial charge < -0.3 is 11.1 Å². The molecule has 3 unspecified atom stereocenters. The predicted octanol–water partition coefficient (Wildman–Crippen LogP) is 1.45. The molecule has 1 saturated carbocycles. The molecule has 0 radical (unpaired) electrons. The topological polar surface area (TPSA) is 68.0 Å². The average molecular weight is 239 g/mol. The van der Waals surface area contributed by atoms with E-state index in [1.165, 1.54) is 0 Å². The normalized spacial score (nSPS) is 26.6. The smallest absolute Gasteiger partial charge is 0.225 e. The quantitative estimate of drug-likeness (QED) is 0.839. The summed E-state index contributed by atoms with van der Waals surface area (Å²) in [7, 11) is 0. The van der Waals surface area contributed by atoms with Gasteiger partial charge in [-0.2, -0.15) is 0 Å². The minimum atomic E-state index is -0.0136. The van der Waals surface area contributed by atoms with Crippen molar-refractivity contribution in [3.8, 4) is 0 Å². The summed E-state index contributed by atoms with van der Waals surface area (Å²) in [6.45, 7) is 1.96. The van der Waals surface area contributed by atoms with Crippen LogP contribution in [0.1, 0.15) is 37.2 Å². The molecule has 1 amide bonds. The molecule has 1 aromatic rings. The monoisotopic (exact) mass is 239 g/mol. The molecule has 2 rings (SSSR count). The highest BCUT2D eigenvalue weighted by atomic mass is 32.1. The lowest BCUT2D eigenvalue weighted by Gasteiger charge is -2.18. The third-order valence-electron chi connectivity index (χ3n) is 3.09. The standard InChI is InChI=1S/C11H17N3OS/c1-7(11-13-5-6-16-11)14-10(15)8-3-2-4-9(8)12/h5-9H,2-4,12H2,1H3,(H,14,15). The van der Waals surface area contributed by atoms with Gasteiger partial charge in [0.25, 0.3) is 0 Å². The Hall–Kier alpha value is -0.940. The van der Waals surface area contributed by atoms with Crippen LogP contribution in [0.5, 0.6) is 0 Å². The highest BCUT2D eigenvalue weighted by Crippen LogP contribution is 2.25. The van der Waals surface area contributed by atoms with Crippen molar-refractivity contribution in [1.29, 1.82) is 0 Å². The fraction of sp³-hybridized carbons (Fsp3) is 0.636. The van der Waals surface area contributed by atoms with Gasteiger partial charge in [-0.1, -0.05) is 6.42 Å². The van der Waals surface area contributed by atoms with E-state index in [0.29, 0.717) is 0 Å². The van der Waals surface area contributed by atoms with Crippen molar-refractivity contribution < 1.29 is 4.79 Å². The van der Waals surface area contributed by atoms with Gasteiger partial charge in [0.05, 0.1) is 12.0 Å². The lowest BCUT2D eigenvalue weighted by molar-refractivity contribution is -0.125. The highest BCUT2D eigenvalue weighted by molar-refractivity contribution is 7.09. The van der Waals surface area contributed by atoms with Crippen molar-refractivity contribution in [1.82, 2.24) is 10.3 Å². The number of carbonyl (C=O) groups is 1. The van der Waals surface area contributed by atoms with Crippen LogP contribution in [-0.2, 0) is 4.79 Å². The summed E-state index contributed by atoms with van der Waals surface area (Å²) in [4.78, 5) is 16.1. The van der Waals surface area contributed by atoms with E-state index in [1.807, 2.05) is 12.3 Å². The van der Waals surface area contributed by atoms with E-state index in [9.17, 15) is 4.79 Å². The van der Waals surface area contributed by atoms with Crippen molar-refractivity contribution in [2.45, 2.75) is 38.3 Å². The Labute approximate surface area is 99.3 Å². The first-order chi connectivity index (χ1) is 7.68. The molecule has 1 heterocycles. The van der Waals surface area contributed by atoms with Crippen molar-refractivity contribution in [2.24, 2.45) is 11.7 Å². The minimum Gasteiger partial charge on any atom is -0.347 e. The average Bonchev–Trinajstić information content (AvgIpc) is 2.86. The van der Waals surface area contributed by atoms with E-state index in [4.69, 9.17) is 5.73 Å². The number of nitrogens with zero attached hydrogens (tertiary/aromatic N) is 1. The molecule has 0 spiro atoms. The molecule has 0 saturated heterocycles. The molecular formula is C11H17N3OS. The van der Waals surface area contributed by atoms with Crippen LogP contribution in [0.25, 0.3) is 0 Å². The number of hydrogen-bond acceptors (Lipinski definition) is 4. The molecule has 5 heteroatoms. The highest BCUT2D eigenvalue weighted by Gasteiger charge is 2.31. The molecular weight excluding hydrogens is 222 g/mol. The lowest BCUT2D eigenvalue weighted by Crippen LogP contribution is -2.39. The zero-order valence-corrected chi connectivity index (χ0v) is 10.2. The number of hydrogen-bond donors (Lipinski definition) is 2. The zero-order valence-electron chi connectivity index (χ0n) is 9.35. The summed E-state index contributed by atoms with van der Waals surface area (Å²) in [5.41, 5.74) is 5.90. The van der Waals surface area contributed by atoms with Gasteiger partial charge in [-0.05, 0) is 19.8 Å². The molecule has 3 N–H and O–H groups in total. The molecule has 1 aliphatic rings. The number of carbonyl (C=O) groups excluding carboxylic acids is 1. The van der Waals surface area contributed by atoms with Gasteiger partial charge in [0.1, 0.15) is 5.01 Å². The lowest BCUT2D eigenvalue weighted by atomic mass is 10.0. The second-order valence-corrected chi connectivity index (χ2v) is 5.23. The Balaban J connectivity index is 1.92. The first-order valence-corrected chi connectivity index (χ1v) is 6.52. The molecule has 0 aromatic carbocycles. The largest absolute Gasteiger partial charge is 0.347 e. The van der Waals surface area contributed by atoms with Crippen molar-refractivity contribution in [3.05, 3.63) is 16.6 Å². The van der Waals surface area contributed by atoms with E-state index in [0.717, 1.165) is 24.3 Å². The number of nitrogens with one attached hydrogen (secondary N) is 1. The van der Waals surface area contributed by atoms with E-state index in [2.05, 4.69) is 10.3 Å². The van der Waals surface area contributed by atoms with Crippen LogP contribution in [0, 0.1) is 5.92 Å². The first kappa shape index (κ1) is 11.5. The van der Waals surface area contributed by atoms with Crippen LogP contribution in [0.15, 0.2) is 11.6 Å².